The van der Waals surface area contributed by atoms with Gasteiger partial charge in [0, 0.05) is 25.1 Å². The van der Waals surface area contributed by atoms with Crippen molar-refractivity contribution >= 4 is 22.6 Å². The summed E-state index contributed by atoms with van der Waals surface area (Å²) in [7, 11) is 0. The fourth-order valence-corrected chi connectivity index (χ4v) is 4.32. The zero-order chi connectivity index (χ0) is 27.5. The molecular weight excluding hydrogens is 491 g/mol. The molecule has 4 nitrogen and oxygen atoms in total. The van der Waals surface area contributed by atoms with Gasteiger partial charge < -0.3 is 10.0 Å². The average molecular weight is 524 g/mol. The van der Waals surface area contributed by atoms with Gasteiger partial charge in [-0.15, -0.1) is 0 Å². The minimum atomic E-state index is -4.48. The van der Waals surface area contributed by atoms with Crippen molar-refractivity contribution in [3.8, 4) is 11.8 Å². The zero-order valence-corrected chi connectivity index (χ0v) is 21.5. The minimum absolute atomic E-state index is 0.0157. The van der Waals surface area contributed by atoms with Crippen LogP contribution in [0.4, 0.5) is 13.2 Å². The molecule has 200 valence electrons. The number of carboxylic acid groups (broad SMARTS) is 1. The average Bonchev–Trinajstić information content (AvgIpc) is 2.90. The summed E-state index contributed by atoms with van der Waals surface area (Å²) >= 11 is 0. The van der Waals surface area contributed by atoms with Crippen LogP contribution in [0, 0.1) is 11.8 Å². The van der Waals surface area contributed by atoms with Crippen LogP contribution in [0.1, 0.15) is 74.1 Å². The van der Waals surface area contributed by atoms with Crippen LogP contribution in [0.25, 0.3) is 10.8 Å². The lowest BCUT2D eigenvalue weighted by Gasteiger charge is -2.22. The normalized spacial score (nSPS) is 11.2. The van der Waals surface area contributed by atoms with E-state index >= 15 is 0 Å². The fourth-order valence-electron chi connectivity index (χ4n) is 4.32. The third-order valence-electron chi connectivity index (χ3n) is 6.38. The lowest BCUT2D eigenvalue weighted by atomic mass is 9.99. The Labute approximate surface area is 221 Å². The molecule has 0 unspecified atom stereocenters. The molecule has 0 heterocycles. The molecule has 0 aliphatic heterocycles. The van der Waals surface area contributed by atoms with Crippen LogP contribution in [-0.4, -0.2) is 21.9 Å². The number of rotatable bonds is 10. The van der Waals surface area contributed by atoms with E-state index in [2.05, 4.69) is 18.8 Å². The summed E-state index contributed by atoms with van der Waals surface area (Å²) in [4.78, 5) is 25.1. The van der Waals surface area contributed by atoms with Gasteiger partial charge in [0.05, 0.1) is 5.56 Å². The van der Waals surface area contributed by atoms with Crippen molar-refractivity contribution in [2.75, 3.05) is 0 Å². The Hall–Kier alpha value is -3.79. The van der Waals surface area contributed by atoms with E-state index in [1.165, 1.54) is 44.2 Å². The number of benzene rings is 3. The Kier molecular flexibility index (Phi) is 10.3. The maximum absolute atomic E-state index is 12.9. The summed E-state index contributed by atoms with van der Waals surface area (Å²) < 4.78 is 38.7. The van der Waals surface area contributed by atoms with Gasteiger partial charge in [0.15, 0.2) is 0 Å². The second-order valence-corrected chi connectivity index (χ2v) is 9.30. The summed E-state index contributed by atoms with van der Waals surface area (Å²) in [5.74, 6) is 3.75. The van der Waals surface area contributed by atoms with Gasteiger partial charge in [-0.25, -0.2) is 4.79 Å². The van der Waals surface area contributed by atoms with Gasteiger partial charge in [0.1, 0.15) is 0 Å². The van der Waals surface area contributed by atoms with Crippen LogP contribution in [-0.2, 0) is 28.9 Å². The van der Waals surface area contributed by atoms with E-state index in [9.17, 15) is 27.9 Å². The van der Waals surface area contributed by atoms with Gasteiger partial charge >= 0.3 is 18.1 Å². The van der Waals surface area contributed by atoms with Crippen molar-refractivity contribution in [1.29, 1.82) is 0 Å². The van der Waals surface area contributed by atoms with Crippen molar-refractivity contribution in [2.24, 2.45) is 0 Å². The van der Waals surface area contributed by atoms with Gasteiger partial charge in [0.25, 0.3) is 0 Å². The Balaban J connectivity index is 1.79. The topological polar surface area (TPSA) is 57.6 Å². The summed E-state index contributed by atoms with van der Waals surface area (Å²) in [6, 6.07) is 15.6. The van der Waals surface area contributed by atoms with Crippen molar-refractivity contribution in [3.63, 3.8) is 0 Å². The zero-order valence-electron chi connectivity index (χ0n) is 21.5. The fraction of sp³-hybridized carbons (Fsp3) is 0.355. The van der Waals surface area contributed by atoms with Crippen molar-refractivity contribution in [3.05, 3.63) is 82.9 Å². The monoisotopic (exact) mass is 523 g/mol. The van der Waals surface area contributed by atoms with Gasteiger partial charge in [-0.05, 0) is 46.5 Å². The highest BCUT2D eigenvalue weighted by molar-refractivity contribution is 6.31. The largest absolute Gasteiger partial charge is 0.474 e. The number of halogens is 3. The molecule has 1 N–H and O–H groups in total. The number of hydrogen-bond donors (Lipinski definition) is 1. The van der Waals surface area contributed by atoms with Gasteiger partial charge in [0.2, 0.25) is 0 Å². The van der Waals surface area contributed by atoms with Crippen LogP contribution in [0.15, 0.2) is 60.7 Å². The molecule has 0 saturated carbocycles. The first kappa shape index (κ1) is 28.8. The number of unbranched alkanes of at least 4 members (excludes halogenated alkanes) is 6. The second kappa shape index (κ2) is 13.7. The van der Waals surface area contributed by atoms with Crippen LogP contribution >= 0.6 is 0 Å². The second-order valence-electron chi connectivity index (χ2n) is 9.30. The third kappa shape index (κ3) is 8.11. The summed E-state index contributed by atoms with van der Waals surface area (Å²) in [6.45, 7) is 2.04. The van der Waals surface area contributed by atoms with E-state index < -0.39 is 23.6 Å². The van der Waals surface area contributed by atoms with Crippen molar-refractivity contribution in [1.82, 2.24) is 4.90 Å². The van der Waals surface area contributed by atoms with Gasteiger partial charge in [-0.3, -0.25) is 4.79 Å². The summed E-state index contributed by atoms with van der Waals surface area (Å²) in [5.41, 5.74) is 1.17. The molecule has 1 amide bonds. The van der Waals surface area contributed by atoms with E-state index in [-0.39, 0.29) is 13.1 Å². The lowest BCUT2D eigenvalue weighted by molar-refractivity contribution is -0.156. The van der Waals surface area contributed by atoms with E-state index in [4.69, 9.17) is 0 Å². The van der Waals surface area contributed by atoms with Crippen LogP contribution in [0.3, 0.4) is 0 Å². The minimum Gasteiger partial charge on any atom is -0.474 e. The van der Waals surface area contributed by atoms with E-state index in [1.807, 2.05) is 36.4 Å². The maximum Gasteiger partial charge on any atom is 0.416 e. The maximum atomic E-state index is 12.9. The highest BCUT2D eigenvalue weighted by atomic mass is 19.4. The molecule has 38 heavy (non-hydrogen) atoms. The van der Waals surface area contributed by atoms with E-state index in [0.29, 0.717) is 5.56 Å². The number of carboxylic acids is 1. The number of alkyl halides is 3. The van der Waals surface area contributed by atoms with Crippen molar-refractivity contribution in [2.45, 2.75) is 71.1 Å². The predicted molar refractivity (Wildman–Crippen MR) is 142 cm³/mol. The Morgan fingerprint density at radius 2 is 1.50 bits per heavy atom. The van der Waals surface area contributed by atoms with E-state index in [1.54, 1.807) is 0 Å². The predicted octanol–water partition coefficient (Wildman–Crippen LogP) is 7.57. The first-order valence-corrected chi connectivity index (χ1v) is 12.9. The molecule has 0 saturated heterocycles. The van der Waals surface area contributed by atoms with Gasteiger partial charge in [-0.1, -0.05) is 93.3 Å². The highest BCUT2D eigenvalue weighted by Crippen LogP contribution is 2.29. The summed E-state index contributed by atoms with van der Waals surface area (Å²) in [6.07, 6.45) is 3.54. The Morgan fingerprint density at radius 3 is 2.16 bits per heavy atom. The van der Waals surface area contributed by atoms with Crippen LogP contribution < -0.4 is 0 Å². The number of nitrogens with zero attached hydrogens (tertiary/aromatic N) is 1. The molecule has 0 aliphatic rings. The first-order valence-electron chi connectivity index (χ1n) is 12.9. The standard InChI is InChI=1S/C31H32F3NO3/c1-2-3-4-5-6-7-8-9-12-24-17-18-25(28-14-11-10-13-27(24)28)22-35(29(36)30(37)38)21-23-15-19-26(20-16-23)31(32,33)34/h10-11,13-20H,2-8,21-22H2,1H3,(H,37,38). The Morgan fingerprint density at radius 1 is 0.842 bits per heavy atom. The lowest BCUT2D eigenvalue weighted by Crippen LogP contribution is -2.35. The SMILES string of the molecule is CCCCCCCCC#Cc1ccc(CN(Cc2ccc(C(F)(F)F)cc2)C(=O)C(=O)O)c2ccccc12. The first-order chi connectivity index (χ1) is 18.2. The van der Waals surface area contributed by atoms with Crippen LogP contribution in [0.2, 0.25) is 0 Å². The molecule has 3 aromatic rings. The summed E-state index contributed by atoms with van der Waals surface area (Å²) in [5, 5.41) is 11.1. The quantitative estimate of drug-likeness (QED) is 0.169. The molecule has 0 atom stereocenters. The molecule has 0 spiro atoms. The number of aliphatic carboxylic acids is 1. The molecule has 0 fully saturated rings. The van der Waals surface area contributed by atoms with E-state index in [0.717, 1.165) is 51.8 Å². The molecule has 0 radical (unpaired) electrons. The highest BCUT2D eigenvalue weighted by Gasteiger charge is 2.30. The molecule has 0 bridgehead atoms. The third-order valence-corrected chi connectivity index (χ3v) is 6.38. The Bertz CT molecular complexity index is 1300. The number of carbonyl (C=O) groups is 2. The molecule has 3 rings (SSSR count). The van der Waals surface area contributed by atoms with Crippen LogP contribution in [0.5, 0.6) is 0 Å². The van der Waals surface area contributed by atoms with Crippen molar-refractivity contribution < 1.29 is 27.9 Å². The number of fused-ring (bicyclic) bond motifs is 1. The molecular formula is C31H32F3NO3. The number of hydrogen-bond acceptors (Lipinski definition) is 2. The molecule has 0 aromatic heterocycles. The number of amides is 1. The smallest absolute Gasteiger partial charge is 0.416 e. The molecule has 0 aliphatic carbocycles. The number of carbonyl (C=O) groups excluding carboxylic acids is 1. The molecule has 3 aromatic carbocycles. The molecule has 7 heteroatoms. The van der Waals surface area contributed by atoms with Gasteiger partial charge in [-0.2, -0.15) is 13.2 Å².